The van der Waals surface area contributed by atoms with Crippen LogP contribution >= 0.6 is 15.9 Å². The second-order valence-electron chi connectivity index (χ2n) is 4.23. The molecular weight excluding hydrogens is 274 g/mol. The van der Waals surface area contributed by atoms with Crippen LogP contribution in [0, 0.1) is 13.8 Å². The molecule has 0 radical (unpaired) electrons. The summed E-state index contributed by atoms with van der Waals surface area (Å²) >= 11 is 3.44. The van der Waals surface area contributed by atoms with Gasteiger partial charge in [-0.2, -0.15) is 0 Å². The van der Waals surface area contributed by atoms with Crippen molar-refractivity contribution in [3.05, 3.63) is 63.6 Å². The van der Waals surface area contributed by atoms with Crippen molar-refractivity contribution < 1.29 is 0 Å². The van der Waals surface area contributed by atoms with Gasteiger partial charge in [0.1, 0.15) is 0 Å². The Balaban J connectivity index is 2.07. The van der Waals surface area contributed by atoms with Gasteiger partial charge >= 0.3 is 0 Å². The van der Waals surface area contributed by atoms with Crippen molar-refractivity contribution in [2.45, 2.75) is 20.4 Å². The summed E-state index contributed by atoms with van der Waals surface area (Å²) in [7, 11) is 0. The summed E-state index contributed by atoms with van der Waals surface area (Å²) in [6.45, 7) is 5.15. The molecule has 1 N–H and O–H groups in total. The molecule has 2 rings (SSSR count). The zero-order valence-corrected chi connectivity index (χ0v) is 11.7. The minimum Gasteiger partial charge on any atom is -0.381 e. The van der Waals surface area contributed by atoms with E-state index >= 15 is 0 Å². The van der Waals surface area contributed by atoms with E-state index in [0.29, 0.717) is 0 Å². The Kier molecular flexibility index (Phi) is 3.85. The number of anilines is 1. The molecule has 17 heavy (non-hydrogen) atoms. The molecule has 0 atom stereocenters. The zero-order chi connectivity index (χ0) is 12.3. The number of rotatable bonds is 3. The van der Waals surface area contributed by atoms with Crippen LogP contribution in [0.25, 0.3) is 0 Å². The predicted octanol–water partition coefficient (Wildman–Crippen LogP) is 4.68. The van der Waals surface area contributed by atoms with Crippen LogP contribution < -0.4 is 5.32 Å². The summed E-state index contributed by atoms with van der Waals surface area (Å²) in [6, 6.07) is 14.7. The molecule has 88 valence electrons. The van der Waals surface area contributed by atoms with Crippen molar-refractivity contribution in [3.8, 4) is 0 Å². The van der Waals surface area contributed by atoms with Crippen LogP contribution in [0.5, 0.6) is 0 Å². The lowest BCUT2D eigenvalue weighted by atomic mass is 10.1. The first-order valence-corrected chi connectivity index (χ1v) is 6.50. The average Bonchev–Trinajstić information content (AvgIpc) is 2.33. The van der Waals surface area contributed by atoms with Crippen molar-refractivity contribution in [2.75, 3.05) is 5.32 Å². The number of benzene rings is 2. The minimum atomic E-state index is 0.859. The van der Waals surface area contributed by atoms with Crippen LogP contribution in [-0.2, 0) is 6.54 Å². The molecule has 0 saturated heterocycles. The van der Waals surface area contributed by atoms with Gasteiger partial charge < -0.3 is 5.32 Å². The predicted molar refractivity (Wildman–Crippen MR) is 77.4 cm³/mol. The highest BCUT2D eigenvalue weighted by atomic mass is 79.9. The third-order valence-electron chi connectivity index (χ3n) is 3.00. The summed E-state index contributed by atoms with van der Waals surface area (Å²) in [6.07, 6.45) is 0. The van der Waals surface area contributed by atoms with Crippen LogP contribution in [0.15, 0.2) is 46.9 Å². The number of hydrogen-bond donors (Lipinski definition) is 1. The largest absolute Gasteiger partial charge is 0.381 e. The second kappa shape index (κ2) is 5.37. The quantitative estimate of drug-likeness (QED) is 0.865. The molecule has 0 aromatic heterocycles. The molecule has 0 aliphatic carbocycles. The lowest BCUT2D eigenvalue weighted by molar-refractivity contribution is 1.13. The fourth-order valence-electron chi connectivity index (χ4n) is 1.74. The molecule has 0 fully saturated rings. The van der Waals surface area contributed by atoms with Gasteiger partial charge in [-0.25, -0.2) is 0 Å². The molecule has 0 heterocycles. The minimum absolute atomic E-state index is 0.859. The molecule has 2 heteroatoms. The van der Waals surface area contributed by atoms with Crippen molar-refractivity contribution in [2.24, 2.45) is 0 Å². The summed E-state index contributed by atoms with van der Waals surface area (Å²) in [5.74, 6) is 0. The molecule has 2 aromatic carbocycles. The molecule has 0 saturated carbocycles. The number of nitrogens with one attached hydrogen (secondary N) is 1. The highest BCUT2D eigenvalue weighted by molar-refractivity contribution is 9.10. The molecule has 2 aromatic rings. The van der Waals surface area contributed by atoms with Crippen molar-refractivity contribution in [1.29, 1.82) is 0 Å². The molecule has 0 spiro atoms. The van der Waals surface area contributed by atoms with Crippen LogP contribution in [0.2, 0.25) is 0 Å². The third-order valence-corrected chi connectivity index (χ3v) is 3.53. The fraction of sp³-hybridized carbons (Fsp3) is 0.200. The first-order chi connectivity index (χ1) is 8.16. The molecule has 1 nitrogen and oxygen atoms in total. The van der Waals surface area contributed by atoms with Gasteiger partial charge in [0.25, 0.3) is 0 Å². The molecule has 0 aliphatic rings. The van der Waals surface area contributed by atoms with E-state index in [2.05, 4.69) is 77.6 Å². The van der Waals surface area contributed by atoms with Gasteiger partial charge in [-0.15, -0.1) is 0 Å². The Morgan fingerprint density at radius 3 is 2.41 bits per heavy atom. The van der Waals surface area contributed by atoms with Gasteiger partial charge in [-0.3, -0.25) is 0 Å². The molecule has 0 aliphatic heterocycles. The second-order valence-corrected chi connectivity index (χ2v) is 5.14. The standard InChI is InChI=1S/C15H16BrN/c1-11-4-3-5-15(12(11)2)17-10-13-6-8-14(16)9-7-13/h3-9,17H,10H2,1-2H3. The summed E-state index contributed by atoms with van der Waals surface area (Å²) in [5, 5.41) is 3.47. The van der Waals surface area contributed by atoms with Gasteiger partial charge in [0.15, 0.2) is 0 Å². The lowest BCUT2D eigenvalue weighted by Gasteiger charge is -2.11. The van der Waals surface area contributed by atoms with E-state index in [4.69, 9.17) is 0 Å². The Bertz CT molecular complexity index is 503. The van der Waals surface area contributed by atoms with Crippen molar-refractivity contribution >= 4 is 21.6 Å². The highest BCUT2D eigenvalue weighted by Crippen LogP contribution is 2.19. The molecule has 0 bridgehead atoms. The Morgan fingerprint density at radius 2 is 1.71 bits per heavy atom. The monoisotopic (exact) mass is 289 g/mol. The molecule has 0 amide bonds. The summed E-state index contributed by atoms with van der Waals surface area (Å²) in [4.78, 5) is 0. The number of aryl methyl sites for hydroxylation is 1. The maximum atomic E-state index is 3.47. The molecule has 0 unspecified atom stereocenters. The van der Waals surface area contributed by atoms with Crippen molar-refractivity contribution in [1.82, 2.24) is 0 Å². The number of hydrogen-bond acceptors (Lipinski definition) is 1. The first kappa shape index (κ1) is 12.2. The highest BCUT2D eigenvalue weighted by Gasteiger charge is 2.00. The topological polar surface area (TPSA) is 12.0 Å². The van der Waals surface area contributed by atoms with E-state index in [1.807, 2.05) is 0 Å². The summed E-state index contributed by atoms with van der Waals surface area (Å²) < 4.78 is 1.12. The smallest absolute Gasteiger partial charge is 0.0400 e. The van der Waals surface area contributed by atoms with E-state index in [1.54, 1.807) is 0 Å². The Hall–Kier alpha value is -1.28. The Labute approximate surface area is 111 Å². The first-order valence-electron chi connectivity index (χ1n) is 5.71. The van der Waals surface area contributed by atoms with Gasteiger partial charge in [-0.05, 0) is 48.7 Å². The van der Waals surface area contributed by atoms with Crippen LogP contribution in [-0.4, -0.2) is 0 Å². The van der Waals surface area contributed by atoms with Gasteiger partial charge in [-0.1, -0.05) is 40.2 Å². The third kappa shape index (κ3) is 3.10. The van der Waals surface area contributed by atoms with Crippen molar-refractivity contribution in [3.63, 3.8) is 0 Å². The van der Waals surface area contributed by atoms with E-state index in [9.17, 15) is 0 Å². The average molecular weight is 290 g/mol. The lowest BCUT2D eigenvalue weighted by Crippen LogP contribution is -2.01. The van der Waals surface area contributed by atoms with Crippen LogP contribution in [0.1, 0.15) is 16.7 Å². The number of halogens is 1. The van der Waals surface area contributed by atoms with Crippen LogP contribution in [0.3, 0.4) is 0 Å². The van der Waals surface area contributed by atoms with Gasteiger partial charge in [0, 0.05) is 16.7 Å². The van der Waals surface area contributed by atoms with Gasteiger partial charge in [0.2, 0.25) is 0 Å². The zero-order valence-electron chi connectivity index (χ0n) is 10.1. The maximum absolute atomic E-state index is 3.47. The molecular formula is C15H16BrN. The fourth-order valence-corrected chi connectivity index (χ4v) is 2.01. The Morgan fingerprint density at radius 1 is 1.00 bits per heavy atom. The van der Waals surface area contributed by atoms with E-state index in [0.717, 1.165) is 11.0 Å². The summed E-state index contributed by atoms with van der Waals surface area (Å²) in [5.41, 5.74) is 5.15. The van der Waals surface area contributed by atoms with E-state index in [1.165, 1.54) is 22.4 Å². The van der Waals surface area contributed by atoms with Gasteiger partial charge in [0.05, 0.1) is 0 Å². The van der Waals surface area contributed by atoms with E-state index < -0.39 is 0 Å². The van der Waals surface area contributed by atoms with Crippen LogP contribution in [0.4, 0.5) is 5.69 Å². The normalized spacial score (nSPS) is 10.3. The van der Waals surface area contributed by atoms with E-state index in [-0.39, 0.29) is 0 Å². The maximum Gasteiger partial charge on any atom is 0.0400 e. The SMILES string of the molecule is Cc1cccc(NCc2ccc(Br)cc2)c1C.